The van der Waals surface area contributed by atoms with Gasteiger partial charge in [-0.3, -0.25) is 0 Å². The van der Waals surface area contributed by atoms with Crippen LogP contribution in [0, 0.1) is 22.7 Å². The first-order valence-electron chi connectivity index (χ1n) is 7.22. The second kappa shape index (κ2) is 6.78. The highest BCUT2D eigenvalue weighted by molar-refractivity contribution is 4.78. The Kier molecular flexibility index (Phi) is 6.76. The van der Waals surface area contributed by atoms with E-state index >= 15 is 0 Å². The van der Waals surface area contributed by atoms with Crippen molar-refractivity contribution in [1.82, 2.24) is 5.32 Å². The molecule has 0 aliphatic heterocycles. The Morgan fingerprint density at radius 2 is 1.29 bits per heavy atom. The minimum atomic E-state index is 0.419. The van der Waals surface area contributed by atoms with Crippen molar-refractivity contribution in [1.29, 1.82) is 0 Å². The maximum atomic E-state index is 3.31. The van der Waals surface area contributed by atoms with Crippen molar-refractivity contribution >= 4 is 0 Å². The zero-order valence-electron chi connectivity index (χ0n) is 13.5. The summed E-state index contributed by atoms with van der Waals surface area (Å²) in [5.74, 6) is 1.62. The van der Waals surface area contributed by atoms with E-state index in [0.717, 1.165) is 18.4 Å². The second-order valence-electron chi connectivity index (χ2n) is 7.97. The Labute approximate surface area is 110 Å². The maximum Gasteiger partial charge on any atom is -0.0000387 e. The van der Waals surface area contributed by atoms with Crippen molar-refractivity contribution in [2.45, 2.75) is 67.7 Å². The lowest BCUT2D eigenvalue weighted by Crippen LogP contribution is -2.30. The van der Waals surface area contributed by atoms with Crippen molar-refractivity contribution in [3.05, 3.63) is 0 Å². The third kappa shape index (κ3) is 8.65. The number of nitrogens with one attached hydrogen (secondary N) is 1. The van der Waals surface area contributed by atoms with Crippen LogP contribution in [0.4, 0.5) is 0 Å². The van der Waals surface area contributed by atoms with Gasteiger partial charge in [0.2, 0.25) is 0 Å². The third-order valence-corrected chi connectivity index (χ3v) is 3.42. The lowest BCUT2D eigenvalue weighted by atomic mass is 9.73. The monoisotopic (exact) mass is 241 g/mol. The van der Waals surface area contributed by atoms with Gasteiger partial charge in [-0.05, 0) is 55.5 Å². The first kappa shape index (κ1) is 17.0. The van der Waals surface area contributed by atoms with Gasteiger partial charge in [0.1, 0.15) is 0 Å². The Morgan fingerprint density at radius 1 is 0.824 bits per heavy atom. The van der Waals surface area contributed by atoms with Crippen molar-refractivity contribution < 1.29 is 0 Å². The van der Waals surface area contributed by atoms with Crippen LogP contribution < -0.4 is 5.32 Å². The lowest BCUT2D eigenvalue weighted by Gasteiger charge is -2.34. The molecular weight excluding hydrogens is 206 g/mol. The predicted molar refractivity (Wildman–Crippen MR) is 79.3 cm³/mol. The Bertz CT molecular complexity index is 204. The first-order valence-corrected chi connectivity index (χ1v) is 7.22. The van der Waals surface area contributed by atoms with Crippen LogP contribution in [0.15, 0.2) is 0 Å². The fourth-order valence-corrected chi connectivity index (χ4v) is 3.70. The molecular formula is C16H35N. The van der Waals surface area contributed by atoms with E-state index in [1.165, 1.54) is 19.3 Å². The molecule has 0 aromatic heterocycles. The molecule has 1 atom stereocenters. The van der Waals surface area contributed by atoms with Crippen LogP contribution in [0.1, 0.15) is 67.7 Å². The van der Waals surface area contributed by atoms with Crippen LogP contribution in [0.25, 0.3) is 0 Å². The molecule has 0 saturated carbocycles. The van der Waals surface area contributed by atoms with Crippen molar-refractivity contribution in [2.75, 3.05) is 13.6 Å². The summed E-state index contributed by atoms with van der Waals surface area (Å²) in [7, 11) is 2.05. The van der Waals surface area contributed by atoms with E-state index in [4.69, 9.17) is 0 Å². The summed E-state index contributed by atoms with van der Waals surface area (Å²) in [5.41, 5.74) is 0.908. The largest absolute Gasteiger partial charge is 0.319 e. The maximum absolute atomic E-state index is 3.31. The molecule has 0 bridgehead atoms. The predicted octanol–water partition coefficient (Wildman–Crippen LogP) is 4.72. The molecule has 0 aliphatic carbocycles. The molecule has 104 valence electrons. The molecule has 1 N–H and O–H groups in total. The highest BCUT2D eigenvalue weighted by Gasteiger charge is 2.26. The van der Waals surface area contributed by atoms with Gasteiger partial charge in [0.15, 0.2) is 0 Å². The van der Waals surface area contributed by atoms with Crippen molar-refractivity contribution in [2.24, 2.45) is 22.7 Å². The molecule has 17 heavy (non-hydrogen) atoms. The molecule has 0 saturated heterocycles. The number of hydrogen-bond donors (Lipinski definition) is 1. The Balaban J connectivity index is 4.20. The smallest absolute Gasteiger partial charge is 0.0000387 e. The van der Waals surface area contributed by atoms with E-state index in [1.807, 2.05) is 0 Å². The standard InChI is InChI=1S/C16H35N/c1-13(2)9-15(4,5)10-14(3)11-16(6,7)12-17-8/h13-14,17H,9-12H2,1-8H3. The minimum Gasteiger partial charge on any atom is -0.319 e. The van der Waals surface area contributed by atoms with E-state index < -0.39 is 0 Å². The zero-order valence-corrected chi connectivity index (χ0v) is 13.5. The molecule has 0 amide bonds. The summed E-state index contributed by atoms with van der Waals surface area (Å²) in [4.78, 5) is 0. The quantitative estimate of drug-likeness (QED) is 0.648. The second-order valence-corrected chi connectivity index (χ2v) is 7.97. The van der Waals surface area contributed by atoms with Crippen molar-refractivity contribution in [3.63, 3.8) is 0 Å². The van der Waals surface area contributed by atoms with Gasteiger partial charge in [-0.25, -0.2) is 0 Å². The lowest BCUT2D eigenvalue weighted by molar-refractivity contribution is 0.182. The molecule has 0 rings (SSSR count). The van der Waals surface area contributed by atoms with E-state index in [-0.39, 0.29) is 0 Å². The average Bonchev–Trinajstić information content (AvgIpc) is 1.96. The molecule has 0 fully saturated rings. The van der Waals surface area contributed by atoms with Crippen LogP contribution in [-0.4, -0.2) is 13.6 Å². The Morgan fingerprint density at radius 3 is 1.71 bits per heavy atom. The molecule has 1 heteroatoms. The van der Waals surface area contributed by atoms with Crippen LogP contribution in [0.5, 0.6) is 0 Å². The average molecular weight is 241 g/mol. The van der Waals surface area contributed by atoms with Crippen LogP contribution >= 0.6 is 0 Å². The normalized spacial score (nSPS) is 15.4. The summed E-state index contributed by atoms with van der Waals surface area (Å²) < 4.78 is 0. The molecule has 0 aromatic carbocycles. The minimum absolute atomic E-state index is 0.419. The number of hydrogen-bond acceptors (Lipinski definition) is 1. The fraction of sp³-hybridized carbons (Fsp3) is 1.00. The number of rotatable bonds is 8. The van der Waals surface area contributed by atoms with E-state index in [2.05, 4.69) is 60.8 Å². The molecule has 0 spiro atoms. The molecule has 0 heterocycles. The summed E-state index contributed by atoms with van der Waals surface area (Å²) in [6.45, 7) is 17.8. The highest BCUT2D eigenvalue weighted by Crippen LogP contribution is 2.36. The molecule has 0 aromatic rings. The van der Waals surface area contributed by atoms with Gasteiger partial charge in [0.05, 0.1) is 0 Å². The molecule has 1 nitrogen and oxygen atoms in total. The van der Waals surface area contributed by atoms with Crippen LogP contribution in [0.2, 0.25) is 0 Å². The summed E-state index contributed by atoms with van der Waals surface area (Å²) in [6, 6.07) is 0. The van der Waals surface area contributed by atoms with Crippen molar-refractivity contribution in [3.8, 4) is 0 Å². The SMILES string of the molecule is CNCC(C)(C)CC(C)CC(C)(C)CC(C)C. The van der Waals surface area contributed by atoms with Gasteiger partial charge in [-0.1, -0.05) is 48.5 Å². The third-order valence-electron chi connectivity index (χ3n) is 3.42. The molecule has 1 unspecified atom stereocenters. The summed E-state index contributed by atoms with van der Waals surface area (Å²) in [5, 5.41) is 3.31. The van der Waals surface area contributed by atoms with E-state index in [9.17, 15) is 0 Å². The van der Waals surface area contributed by atoms with Gasteiger partial charge >= 0.3 is 0 Å². The van der Waals surface area contributed by atoms with Gasteiger partial charge in [-0.15, -0.1) is 0 Å². The highest BCUT2D eigenvalue weighted by atomic mass is 14.8. The fourth-order valence-electron chi connectivity index (χ4n) is 3.70. The van der Waals surface area contributed by atoms with E-state index in [0.29, 0.717) is 10.8 Å². The first-order chi connectivity index (χ1) is 7.58. The van der Waals surface area contributed by atoms with Gasteiger partial charge in [0, 0.05) is 0 Å². The van der Waals surface area contributed by atoms with E-state index in [1.54, 1.807) is 0 Å². The molecule has 0 radical (unpaired) electrons. The van der Waals surface area contributed by atoms with Gasteiger partial charge in [-0.2, -0.15) is 0 Å². The van der Waals surface area contributed by atoms with Gasteiger partial charge < -0.3 is 5.32 Å². The van der Waals surface area contributed by atoms with Crippen LogP contribution in [-0.2, 0) is 0 Å². The summed E-state index contributed by atoms with van der Waals surface area (Å²) >= 11 is 0. The topological polar surface area (TPSA) is 12.0 Å². The van der Waals surface area contributed by atoms with Gasteiger partial charge in [0.25, 0.3) is 0 Å². The zero-order chi connectivity index (χ0) is 13.7. The summed E-state index contributed by atoms with van der Waals surface area (Å²) in [6.07, 6.45) is 4.00. The molecule has 0 aliphatic rings. The Hall–Kier alpha value is -0.0400. The van der Waals surface area contributed by atoms with Crippen LogP contribution in [0.3, 0.4) is 0 Å².